The van der Waals surface area contributed by atoms with Gasteiger partial charge in [-0.3, -0.25) is 9.78 Å². The van der Waals surface area contributed by atoms with Gasteiger partial charge in [0.05, 0.1) is 0 Å². The number of alkyl halides is 3. The fraction of sp³-hybridized carbons (Fsp3) is 0.385. The molecule has 1 aliphatic rings. The molecule has 0 saturated carbocycles. The standard InChI is InChI=1S/C13H14F3N3O/c14-13(15,16)8-19-12(20)11-10(2-1-5-18-11)9-3-6-17-7-4-9/h1,3-7,10-11,18H,2,8H2,(H,19,20). The van der Waals surface area contributed by atoms with E-state index in [0.717, 1.165) is 5.56 Å². The maximum absolute atomic E-state index is 12.1. The molecule has 1 amide bonds. The summed E-state index contributed by atoms with van der Waals surface area (Å²) in [6, 6.07) is 2.80. The second-order valence-electron chi connectivity index (χ2n) is 4.50. The van der Waals surface area contributed by atoms with Crippen LogP contribution in [-0.4, -0.2) is 29.7 Å². The summed E-state index contributed by atoms with van der Waals surface area (Å²) in [7, 11) is 0. The molecule has 0 fully saturated rings. The maximum atomic E-state index is 12.1. The summed E-state index contributed by atoms with van der Waals surface area (Å²) in [5.41, 5.74) is 0.865. The molecule has 2 unspecified atom stereocenters. The predicted octanol–water partition coefficient (Wildman–Crippen LogP) is 1.72. The molecule has 2 rings (SSSR count). The summed E-state index contributed by atoms with van der Waals surface area (Å²) >= 11 is 0. The van der Waals surface area contributed by atoms with E-state index in [4.69, 9.17) is 0 Å². The molecule has 0 bridgehead atoms. The average molecular weight is 285 g/mol. The van der Waals surface area contributed by atoms with Crippen LogP contribution in [0.25, 0.3) is 0 Å². The number of halogens is 3. The molecule has 0 saturated heterocycles. The van der Waals surface area contributed by atoms with Crippen LogP contribution in [0.5, 0.6) is 0 Å². The van der Waals surface area contributed by atoms with E-state index in [2.05, 4.69) is 10.3 Å². The minimum atomic E-state index is -4.41. The average Bonchev–Trinajstić information content (AvgIpc) is 2.45. The molecule has 7 heteroatoms. The first-order chi connectivity index (χ1) is 9.47. The van der Waals surface area contributed by atoms with E-state index in [1.54, 1.807) is 30.7 Å². The zero-order chi connectivity index (χ0) is 14.6. The molecule has 0 aromatic carbocycles. The lowest BCUT2D eigenvalue weighted by Gasteiger charge is -2.29. The van der Waals surface area contributed by atoms with Crippen molar-refractivity contribution in [2.45, 2.75) is 24.6 Å². The molecule has 0 radical (unpaired) electrons. The van der Waals surface area contributed by atoms with E-state index in [0.29, 0.717) is 6.42 Å². The molecule has 2 atom stereocenters. The fourth-order valence-electron chi connectivity index (χ4n) is 2.13. The number of nitrogens with zero attached hydrogens (tertiary/aromatic N) is 1. The zero-order valence-corrected chi connectivity index (χ0v) is 10.5. The van der Waals surface area contributed by atoms with Gasteiger partial charge in [-0.05, 0) is 30.3 Å². The summed E-state index contributed by atoms with van der Waals surface area (Å²) in [6.07, 6.45) is 2.80. The predicted molar refractivity (Wildman–Crippen MR) is 66.7 cm³/mol. The summed E-state index contributed by atoms with van der Waals surface area (Å²) in [5.74, 6) is -0.871. The van der Waals surface area contributed by atoms with E-state index in [1.165, 1.54) is 0 Å². The van der Waals surface area contributed by atoms with Crippen molar-refractivity contribution in [2.24, 2.45) is 0 Å². The Labute approximate surface area is 114 Å². The smallest absolute Gasteiger partial charge is 0.379 e. The summed E-state index contributed by atoms with van der Waals surface area (Å²) < 4.78 is 36.4. The Morgan fingerprint density at radius 1 is 1.40 bits per heavy atom. The van der Waals surface area contributed by atoms with Crippen molar-refractivity contribution >= 4 is 5.91 Å². The molecule has 20 heavy (non-hydrogen) atoms. The second kappa shape index (κ2) is 5.94. The highest BCUT2D eigenvalue weighted by Gasteiger charge is 2.33. The van der Waals surface area contributed by atoms with Gasteiger partial charge in [-0.1, -0.05) is 6.08 Å². The van der Waals surface area contributed by atoms with Crippen LogP contribution in [0, 0.1) is 0 Å². The van der Waals surface area contributed by atoms with Crippen molar-refractivity contribution in [2.75, 3.05) is 6.54 Å². The highest BCUT2D eigenvalue weighted by atomic mass is 19.4. The van der Waals surface area contributed by atoms with Gasteiger partial charge in [0.1, 0.15) is 12.6 Å². The number of aromatic nitrogens is 1. The lowest BCUT2D eigenvalue weighted by molar-refractivity contribution is -0.139. The Morgan fingerprint density at radius 2 is 2.10 bits per heavy atom. The van der Waals surface area contributed by atoms with Gasteiger partial charge in [0.25, 0.3) is 0 Å². The minimum Gasteiger partial charge on any atom is -0.379 e. The quantitative estimate of drug-likeness (QED) is 0.889. The number of nitrogens with one attached hydrogen (secondary N) is 2. The number of carbonyl (C=O) groups excluding carboxylic acids is 1. The normalized spacial score (nSPS) is 22.1. The number of allylic oxidation sites excluding steroid dienone is 1. The Bertz CT molecular complexity index is 487. The molecule has 1 aliphatic heterocycles. The van der Waals surface area contributed by atoms with Gasteiger partial charge in [0, 0.05) is 18.3 Å². The molecule has 0 aliphatic carbocycles. The van der Waals surface area contributed by atoms with Crippen LogP contribution in [0.4, 0.5) is 13.2 Å². The van der Waals surface area contributed by atoms with Gasteiger partial charge < -0.3 is 10.6 Å². The van der Waals surface area contributed by atoms with Gasteiger partial charge >= 0.3 is 6.18 Å². The zero-order valence-electron chi connectivity index (χ0n) is 10.5. The summed E-state index contributed by atoms with van der Waals surface area (Å²) in [5, 5.41) is 4.74. The Hall–Kier alpha value is -2.05. The first kappa shape index (κ1) is 14.4. The third-order valence-corrected chi connectivity index (χ3v) is 3.07. The van der Waals surface area contributed by atoms with Gasteiger partial charge in [0.15, 0.2) is 0 Å². The second-order valence-corrected chi connectivity index (χ2v) is 4.50. The van der Waals surface area contributed by atoms with Crippen LogP contribution in [0.1, 0.15) is 17.9 Å². The lowest BCUT2D eigenvalue weighted by atomic mass is 9.87. The number of hydrogen-bond acceptors (Lipinski definition) is 3. The molecule has 0 spiro atoms. The van der Waals surface area contributed by atoms with Crippen LogP contribution in [-0.2, 0) is 4.79 Å². The van der Waals surface area contributed by atoms with E-state index in [9.17, 15) is 18.0 Å². The molecule has 4 nitrogen and oxygen atoms in total. The third kappa shape index (κ3) is 3.72. The van der Waals surface area contributed by atoms with Crippen molar-refractivity contribution in [1.82, 2.24) is 15.6 Å². The number of rotatable bonds is 3. The van der Waals surface area contributed by atoms with Gasteiger partial charge in [0.2, 0.25) is 5.91 Å². The van der Waals surface area contributed by atoms with Crippen LogP contribution in [0.15, 0.2) is 36.8 Å². The molecular weight excluding hydrogens is 271 g/mol. The van der Waals surface area contributed by atoms with E-state index < -0.39 is 24.7 Å². The number of pyridine rings is 1. The summed E-state index contributed by atoms with van der Waals surface area (Å²) in [6.45, 7) is -1.32. The van der Waals surface area contributed by atoms with Crippen LogP contribution in [0.2, 0.25) is 0 Å². The van der Waals surface area contributed by atoms with Crippen molar-refractivity contribution < 1.29 is 18.0 Å². The molecule has 1 aromatic rings. The van der Waals surface area contributed by atoms with Crippen molar-refractivity contribution in [1.29, 1.82) is 0 Å². The highest BCUT2D eigenvalue weighted by Crippen LogP contribution is 2.26. The minimum absolute atomic E-state index is 0.212. The van der Waals surface area contributed by atoms with E-state index in [1.807, 2.05) is 11.4 Å². The van der Waals surface area contributed by atoms with E-state index in [-0.39, 0.29) is 5.92 Å². The van der Waals surface area contributed by atoms with Gasteiger partial charge in [-0.15, -0.1) is 0 Å². The SMILES string of the molecule is O=C(NCC(F)(F)F)C1NC=CCC1c1ccncc1. The number of hydrogen-bond donors (Lipinski definition) is 2. The van der Waals surface area contributed by atoms with Gasteiger partial charge in [-0.25, -0.2) is 0 Å². The number of carbonyl (C=O) groups is 1. The number of amides is 1. The molecule has 2 N–H and O–H groups in total. The first-order valence-electron chi connectivity index (χ1n) is 6.13. The van der Waals surface area contributed by atoms with E-state index >= 15 is 0 Å². The lowest BCUT2D eigenvalue weighted by Crippen LogP contribution is -2.49. The Kier molecular flexibility index (Phi) is 4.26. The highest BCUT2D eigenvalue weighted by molar-refractivity contribution is 5.83. The molecule has 1 aromatic heterocycles. The Morgan fingerprint density at radius 3 is 2.75 bits per heavy atom. The molecule has 2 heterocycles. The van der Waals surface area contributed by atoms with Crippen LogP contribution in [0.3, 0.4) is 0 Å². The summed E-state index contributed by atoms with van der Waals surface area (Å²) in [4.78, 5) is 15.8. The maximum Gasteiger partial charge on any atom is 0.405 e. The first-order valence-corrected chi connectivity index (χ1v) is 6.13. The molecule has 108 valence electrons. The van der Waals surface area contributed by atoms with Crippen molar-refractivity contribution in [3.05, 3.63) is 42.4 Å². The van der Waals surface area contributed by atoms with Gasteiger partial charge in [-0.2, -0.15) is 13.2 Å². The topological polar surface area (TPSA) is 54.0 Å². The largest absolute Gasteiger partial charge is 0.405 e. The van der Waals surface area contributed by atoms with Crippen LogP contribution < -0.4 is 10.6 Å². The van der Waals surface area contributed by atoms with Crippen molar-refractivity contribution in [3.63, 3.8) is 0 Å². The van der Waals surface area contributed by atoms with Crippen molar-refractivity contribution in [3.8, 4) is 0 Å². The van der Waals surface area contributed by atoms with Crippen LogP contribution >= 0.6 is 0 Å². The monoisotopic (exact) mass is 285 g/mol. The molecular formula is C13H14F3N3O. The fourth-order valence-corrected chi connectivity index (χ4v) is 2.13. The Balaban J connectivity index is 2.08. The third-order valence-electron chi connectivity index (χ3n) is 3.07.